The first-order valence-corrected chi connectivity index (χ1v) is 12.7. The largest absolute Gasteiger partial charge is 0.404 e. The molecule has 1 aromatic carbocycles. The van der Waals surface area contributed by atoms with Crippen LogP contribution in [0.5, 0.6) is 0 Å². The molecule has 31 heavy (non-hydrogen) atoms. The SMILES string of the molecule is CCC(O[SiH3])OC(OC(CC)O[SiH3])C(C)CCn1c(-c2ccccc2)cc(=O)[nH]c1=S. The lowest BCUT2D eigenvalue weighted by Gasteiger charge is -2.31. The van der Waals surface area contributed by atoms with E-state index >= 15 is 0 Å². The molecule has 0 radical (unpaired) electrons. The minimum Gasteiger partial charge on any atom is -0.404 e. The minimum atomic E-state index is -0.463. The van der Waals surface area contributed by atoms with Crippen molar-refractivity contribution in [2.45, 2.75) is 65.4 Å². The van der Waals surface area contributed by atoms with Crippen molar-refractivity contribution in [3.05, 3.63) is 51.5 Å². The first-order valence-electron chi connectivity index (χ1n) is 10.7. The van der Waals surface area contributed by atoms with Crippen molar-refractivity contribution in [2.75, 3.05) is 0 Å². The molecule has 0 amide bonds. The summed E-state index contributed by atoms with van der Waals surface area (Å²) in [4.78, 5) is 14.8. The second-order valence-electron chi connectivity index (χ2n) is 7.40. The highest BCUT2D eigenvalue weighted by Gasteiger charge is 2.25. The number of ether oxygens (including phenoxy) is 2. The van der Waals surface area contributed by atoms with Crippen LogP contribution in [-0.4, -0.2) is 49.4 Å². The average molecular weight is 483 g/mol. The van der Waals surface area contributed by atoms with Gasteiger partial charge in [0.05, 0.1) is 5.69 Å². The van der Waals surface area contributed by atoms with E-state index in [1.54, 1.807) is 6.07 Å². The maximum absolute atomic E-state index is 12.1. The number of hydrogen-bond acceptors (Lipinski definition) is 6. The Balaban J connectivity index is 2.24. The van der Waals surface area contributed by atoms with Gasteiger partial charge in [-0.25, -0.2) is 0 Å². The van der Waals surface area contributed by atoms with Crippen LogP contribution in [0.25, 0.3) is 11.3 Å². The summed E-state index contributed by atoms with van der Waals surface area (Å²) in [6, 6.07) is 11.4. The molecule has 2 rings (SSSR count). The zero-order valence-corrected chi connectivity index (χ0v) is 23.8. The molecule has 3 unspecified atom stereocenters. The van der Waals surface area contributed by atoms with E-state index < -0.39 is 6.29 Å². The Morgan fingerprint density at radius 3 is 2.16 bits per heavy atom. The molecule has 0 bridgehead atoms. The number of rotatable bonds is 13. The number of nitrogens with one attached hydrogen (secondary N) is 1. The maximum atomic E-state index is 12.1. The predicted octanol–water partition coefficient (Wildman–Crippen LogP) is 2.02. The summed E-state index contributed by atoms with van der Waals surface area (Å²) in [6.45, 7) is 6.75. The second kappa shape index (κ2) is 13.2. The van der Waals surface area contributed by atoms with E-state index in [4.69, 9.17) is 30.5 Å². The van der Waals surface area contributed by atoms with Crippen LogP contribution >= 0.6 is 12.2 Å². The summed E-state index contributed by atoms with van der Waals surface area (Å²) in [5.74, 6) is 0.0502. The summed E-state index contributed by atoms with van der Waals surface area (Å²) in [6.07, 6.45) is 1.19. The molecule has 3 atom stereocenters. The summed E-state index contributed by atoms with van der Waals surface area (Å²) >= 11 is 5.47. The van der Waals surface area contributed by atoms with Gasteiger partial charge >= 0.3 is 0 Å². The molecule has 0 saturated heterocycles. The number of H-pyrrole nitrogens is 1. The standard InChI is InChI=1S/C21H34N2O5SSi2/c1-4-18(27-30)25-20(26-19(5-2)28-31)14(3)11-12-23-16(13-17(24)22-21(23)29)15-9-7-6-8-10-15/h6-10,13-14,18-20H,4-5,11-12H2,1-3,30-31H3,(H,22,24,29). The van der Waals surface area contributed by atoms with Gasteiger partial charge in [0, 0.05) is 18.5 Å². The van der Waals surface area contributed by atoms with Crippen molar-refractivity contribution in [2.24, 2.45) is 5.92 Å². The monoisotopic (exact) mass is 482 g/mol. The molecule has 0 aliphatic heterocycles. The molecule has 0 fully saturated rings. The lowest BCUT2D eigenvalue weighted by molar-refractivity contribution is -0.281. The van der Waals surface area contributed by atoms with Gasteiger partial charge in [-0.05, 0) is 37.0 Å². The molecule has 2 aromatic rings. The van der Waals surface area contributed by atoms with E-state index in [1.165, 1.54) is 0 Å². The number of hydrogen-bond donors (Lipinski definition) is 1. The Labute approximate surface area is 195 Å². The Hall–Kier alpha value is -1.41. The van der Waals surface area contributed by atoms with E-state index in [0.717, 1.165) is 30.5 Å². The smallest absolute Gasteiger partial charge is 0.252 e. The lowest BCUT2D eigenvalue weighted by atomic mass is 10.1. The Morgan fingerprint density at radius 2 is 1.65 bits per heavy atom. The lowest BCUT2D eigenvalue weighted by Crippen LogP contribution is -2.35. The highest BCUT2D eigenvalue weighted by Crippen LogP contribution is 2.23. The van der Waals surface area contributed by atoms with Crippen molar-refractivity contribution in [3.63, 3.8) is 0 Å². The molecule has 0 saturated carbocycles. The number of nitrogens with zero attached hydrogens (tertiary/aromatic N) is 1. The highest BCUT2D eigenvalue weighted by atomic mass is 32.1. The first-order chi connectivity index (χ1) is 14.9. The third kappa shape index (κ3) is 7.60. The van der Waals surface area contributed by atoms with Crippen LogP contribution in [0.1, 0.15) is 40.0 Å². The topological polar surface area (TPSA) is 74.7 Å². The van der Waals surface area contributed by atoms with Gasteiger partial charge in [-0.3, -0.25) is 9.78 Å². The fraction of sp³-hybridized carbons (Fsp3) is 0.524. The maximum Gasteiger partial charge on any atom is 0.252 e. The van der Waals surface area contributed by atoms with E-state index in [0.29, 0.717) is 32.3 Å². The molecular formula is C21H34N2O5SSi2. The van der Waals surface area contributed by atoms with Crippen LogP contribution in [0.15, 0.2) is 41.2 Å². The van der Waals surface area contributed by atoms with Crippen LogP contribution in [0.4, 0.5) is 0 Å². The van der Waals surface area contributed by atoms with E-state index in [9.17, 15) is 4.79 Å². The van der Waals surface area contributed by atoms with Crippen molar-refractivity contribution >= 4 is 33.2 Å². The molecule has 7 nitrogen and oxygen atoms in total. The van der Waals surface area contributed by atoms with Gasteiger partial charge < -0.3 is 22.9 Å². The van der Waals surface area contributed by atoms with Crippen LogP contribution in [0.2, 0.25) is 0 Å². The summed E-state index contributed by atoms with van der Waals surface area (Å²) < 4.78 is 25.7. The van der Waals surface area contributed by atoms with Crippen molar-refractivity contribution < 1.29 is 18.3 Å². The van der Waals surface area contributed by atoms with Gasteiger partial charge in [-0.2, -0.15) is 0 Å². The van der Waals surface area contributed by atoms with Gasteiger partial charge in [-0.15, -0.1) is 0 Å². The fourth-order valence-corrected chi connectivity index (χ4v) is 4.47. The molecule has 0 spiro atoms. The highest BCUT2D eigenvalue weighted by molar-refractivity contribution is 7.71. The third-order valence-electron chi connectivity index (χ3n) is 5.14. The van der Waals surface area contributed by atoms with Gasteiger partial charge in [0.1, 0.15) is 33.6 Å². The molecule has 10 heteroatoms. The molecule has 1 N–H and O–H groups in total. The van der Waals surface area contributed by atoms with E-state index in [-0.39, 0.29) is 24.1 Å². The number of aromatic nitrogens is 2. The van der Waals surface area contributed by atoms with Crippen molar-refractivity contribution in [3.8, 4) is 11.3 Å². The molecule has 0 aliphatic rings. The van der Waals surface area contributed by atoms with Gasteiger partial charge in [-0.1, -0.05) is 51.1 Å². The van der Waals surface area contributed by atoms with Gasteiger partial charge in [0.2, 0.25) is 0 Å². The van der Waals surface area contributed by atoms with Crippen LogP contribution < -0.4 is 5.56 Å². The second-order valence-corrected chi connectivity index (χ2v) is 8.72. The normalized spacial score (nSPS) is 15.6. The summed E-state index contributed by atoms with van der Waals surface area (Å²) in [5, 5.41) is 0. The van der Waals surface area contributed by atoms with E-state index in [1.807, 2.05) is 48.7 Å². The minimum absolute atomic E-state index is 0.0502. The molecule has 1 heterocycles. The van der Waals surface area contributed by atoms with Crippen LogP contribution in [0.3, 0.4) is 0 Å². The van der Waals surface area contributed by atoms with Crippen molar-refractivity contribution in [1.82, 2.24) is 9.55 Å². The Morgan fingerprint density at radius 1 is 1.06 bits per heavy atom. The Bertz CT molecular complexity index is 887. The molecular weight excluding hydrogens is 448 g/mol. The Kier molecular flexibility index (Phi) is 11.0. The number of benzene rings is 1. The van der Waals surface area contributed by atoms with Crippen LogP contribution in [-0.2, 0) is 24.9 Å². The number of aromatic amines is 1. The quantitative estimate of drug-likeness (QED) is 0.268. The van der Waals surface area contributed by atoms with E-state index in [2.05, 4.69) is 11.9 Å². The molecule has 0 aliphatic carbocycles. The van der Waals surface area contributed by atoms with Gasteiger partial charge in [0.25, 0.3) is 5.56 Å². The van der Waals surface area contributed by atoms with Crippen LogP contribution in [0, 0.1) is 10.7 Å². The van der Waals surface area contributed by atoms with Crippen molar-refractivity contribution in [1.29, 1.82) is 0 Å². The third-order valence-corrected chi connectivity index (χ3v) is 6.51. The zero-order valence-electron chi connectivity index (χ0n) is 19.0. The zero-order chi connectivity index (χ0) is 22.8. The summed E-state index contributed by atoms with van der Waals surface area (Å²) in [7, 11) is 1.18. The average Bonchev–Trinajstić information content (AvgIpc) is 2.78. The fourth-order valence-electron chi connectivity index (χ4n) is 3.30. The molecule has 1 aromatic heterocycles. The predicted molar refractivity (Wildman–Crippen MR) is 131 cm³/mol. The summed E-state index contributed by atoms with van der Waals surface area (Å²) in [5.41, 5.74) is 1.54. The first kappa shape index (κ1) is 25.9. The van der Waals surface area contributed by atoms with Gasteiger partial charge in [0.15, 0.2) is 11.1 Å². The molecule has 172 valence electrons.